The number of ether oxygens (including phenoxy) is 1. The van der Waals surface area contributed by atoms with Crippen LogP contribution in [0.2, 0.25) is 0 Å². The smallest absolute Gasteiger partial charge is 0.321 e. The molecule has 2 N–H and O–H groups in total. The standard InChI is InChI=1S/C7H15NO7S2/c1-15-4-3-6(7(9)10)8-17(13,14)5-16(2,11)12/h6,8H,3-5H2,1-2H3,(H,9,10). The van der Waals surface area contributed by atoms with Gasteiger partial charge in [0.05, 0.1) is 0 Å². The lowest BCUT2D eigenvalue weighted by Crippen LogP contribution is -2.43. The number of hydrogen-bond donors (Lipinski definition) is 2. The van der Waals surface area contributed by atoms with Gasteiger partial charge in [-0.15, -0.1) is 0 Å². The summed E-state index contributed by atoms with van der Waals surface area (Å²) in [6, 6.07) is -1.40. The molecule has 0 saturated heterocycles. The fourth-order valence-electron chi connectivity index (χ4n) is 1.00. The van der Waals surface area contributed by atoms with E-state index in [4.69, 9.17) is 5.11 Å². The van der Waals surface area contributed by atoms with Gasteiger partial charge in [0, 0.05) is 20.0 Å². The first-order valence-electron chi connectivity index (χ1n) is 4.47. The van der Waals surface area contributed by atoms with E-state index in [1.807, 2.05) is 0 Å². The van der Waals surface area contributed by atoms with Crippen LogP contribution in [0.1, 0.15) is 6.42 Å². The predicted octanol–water partition coefficient (Wildman–Crippen LogP) is -1.60. The molecule has 1 atom stereocenters. The van der Waals surface area contributed by atoms with Crippen molar-refractivity contribution < 1.29 is 31.5 Å². The molecule has 0 heterocycles. The Bertz CT molecular complexity index is 453. The van der Waals surface area contributed by atoms with Crippen molar-refractivity contribution in [2.24, 2.45) is 0 Å². The molecule has 0 radical (unpaired) electrons. The molecular formula is C7H15NO7S2. The van der Waals surface area contributed by atoms with Gasteiger partial charge in [-0.2, -0.15) is 4.72 Å². The lowest BCUT2D eigenvalue weighted by Gasteiger charge is -2.13. The van der Waals surface area contributed by atoms with E-state index < -0.39 is 37.0 Å². The first-order valence-corrected chi connectivity index (χ1v) is 8.18. The van der Waals surface area contributed by atoms with Crippen LogP contribution in [0.25, 0.3) is 0 Å². The van der Waals surface area contributed by atoms with Crippen LogP contribution in [-0.2, 0) is 29.4 Å². The van der Waals surface area contributed by atoms with Crippen molar-refractivity contribution in [1.29, 1.82) is 0 Å². The Labute approximate surface area is 99.9 Å². The van der Waals surface area contributed by atoms with Crippen LogP contribution in [0.3, 0.4) is 0 Å². The van der Waals surface area contributed by atoms with Gasteiger partial charge in [-0.05, 0) is 6.42 Å². The molecule has 0 aliphatic heterocycles. The Hall–Kier alpha value is -0.710. The third kappa shape index (κ3) is 8.07. The van der Waals surface area contributed by atoms with E-state index in [-0.39, 0.29) is 13.0 Å². The Kier molecular flexibility index (Phi) is 6.02. The molecule has 0 spiro atoms. The molecule has 102 valence electrons. The van der Waals surface area contributed by atoms with Crippen molar-refractivity contribution >= 4 is 25.8 Å². The largest absolute Gasteiger partial charge is 0.480 e. The first-order chi connectivity index (χ1) is 7.57. The first kappa shape index (κ1) is 16.3. The highest BCUT2D eigenvalue weighted by Crippen LogP contribution is 1.99. The number of nitrogens with one attached hydrogen (secondary N) is 1. The van der Waals surface area contributed by atoms with E-state index in [2.05, 4.69) is 4.74 Å². The summed E-state index contributed by atoms with van der Waals surface area (Å²) < 4.78 is 50.7. The quantitative estimate of drug-likeness (QED) is 0.550. The molecule has 0 fully saturated rings. The average molecular weight is 289 g/mol. The zero-order valence-corrected chi connectivity index (χ0v) is 11.0. The molecule has 1 unspecified atom stereocenters. The predicted molar refractivity (Wildman–Crippen MR) is 59.7 cm³/mol. The number of carboxylic acid groups (broad SMARTS) is 1. The van der Waals surface area contributed by atoms with Crippen LogP contribution in [0, 0.1) is 0 Å². The van der Waals surface area contributed by atoms with Crippen LogP contribution >= 0.6 is 0 Å². The number of methoxy groups -OCH3 is 1. The molecule has 0 aromatic heterocycles. The van der Waals surface area contributed by atoms with E-state index in [1.54, 1.807) is 4.72 Å². The Balaban J connectivity index is 4.70. The van der Waals surface area contributed by atoms with Crippen LogP contribution in [0.4, 0.5) is 0 Å². The number of sulfonamides is 1. The number of aliphatic carboxylic acids is 1. The van der Waals surface area contributed by atoms with Gasteiger partial charge in [0.25, 0.3) is 0 Å². The minimum Gasteiger partial charge on any atom is -0.480 e. The fraction of sp³-hybridized carbons (Fsp3) is 0.857. The van der Waals surface area contributed by atoms with Gasteiger partial charge in [0.15, 0.2) is 14.9 Å². The zero-order chi connectivity index (χ0) is 13.7. The monoisotopic (exact) mass is 289 g/mol. The summed E-state index contributed by atoms with van der Waals surface area (Å²) >= 11 is 0. The average Bonchev–Trinajstić information content (AvgIpc) is 2.07. The number of rotatable bonds is 8. The van der Waals surface area contributed by atoms with Gasteiger partial charge in [0.1, 0.15) is 6.04 Å². The summed E-state index contributed by atoms with van der Waals surface area (Å²) in [5.41, 5.74) is 0. The molecule has 0 aromatic rings. The van der Waals surface area contributed by atoms with Crippen molar-refractivity contribution in [3.63, 3.8) is 0 Å². The molecule has 8 nitrogen and oxygen atoms in total. The minimum atomic E-state index is -4.19. The highest BCUT2D eigenvalue weighted by molar-refractivity contribution is 8.06. The summed E-state index contributed by atoms with van der Waals surface area (Å²) in [7, 11) is -6.60. The third-order valence-corrected chi connectivity index (χ3v) is 5.20. The maximum absolute atomic E-state index is 11.3. The van der Waals surface area contributed by atoms with Crippen LogP contribution in [-0.4, -0.2) is 59.0 Å². The third-order valence-electron chi connectivity index (χ3n) is 1.60. The number of sulfone groups is 1. The maximum atomic E-state index is 11.3. The Morgan fingerprint density at radius 3 is 2.24 bits per heavy atom. The Morgan fingerprint density at radius 2 is 1.88 bits per heavy atom. The van der Waals surface area contributed by atoms with E-state index in [0.717, 1.165) is 6.26 Å². The van der Waals surface area contributed by atoms with Crippen LogP contribution in [0.5, 0.6) is 0 Å². The molecule has 0 rings (SSSR count). The number of carboxylic acids is 1. The minimum absolute atomic E-state index is 0.0400. The van der Waals surface area contributed by atoms with E-state index in [0.29, 0.717) is 0 Å². The van der Waals surface area contributed by atoms with E-state index in [9.17, 15) is 21.6 Å². The highest BCUT2D eigenvalue weighted by Gasteiger charge is 2.26. The molecular weight excluding hydrogens is 274 g/mol. The second kappa shape index (κ2) is 6.28. The Morgan fingerprint density at radius 1 is 1.35 bits per heavy atom. The van der Waals surface area contributed by atoms with Gasteiger partial charge in [-0.1, -0.05) is 0 Å². The lowest BCUT2D eigenvalue weighted by atomic mass is 10.2. The summed E-state index contributed by atoms with van der Waals surface area (Å²) in [6.07, 6.45) is 0.659. The van der Waals surface area contributed by atoms with Crippen molar-refractivity contribution in [3.8, 4) is 0 Å². The van der Waals surface area contributed by atoms with Crippen molar-refractivity contribution in [3.05, 3.63) is 0 Å². The van der Waals surface area contributed by atoms with Gasteiger partial charge in [0.2, 0.25) is 10.0 Å². The zero-order valence-electron chi connectivity index (χ0n) is 9.41. The highest BCUT2D eigenvalue weighted by atomic mass is 32.3. The second-order valence-electron chi connectivity index (χ2n) is 3.45. The van der Waals surface area contributed by atoms with E-state index >= 15 is 0 Å². The maximum Gasteiger partial charge on any atom is 0.321 e. The summed E-state index contributed by atoms with van der Waals surface area (Å²) in [5.74, 6) is -1.39. The summed E-state index contributed by atoms with van der Waals surface area (Å²) in [5, 5.41) is 7.59. The molecule has 10 heteroatoms. The molecule has 17 heavy (non-hydrogen) atoms. The molecule has 0 aliphatic carbocycles. The topological polar surface area (TPSA) is 127 Å². The van der Waals surface area contributed by atoms with Crippen LogP contribution < -0.4 is 4.72 Å². The molecule has 0 amide bonds. The lowest BCUT2D eigenvalue weighted by molar-refractivity contribution is -0.139. The van der Waals surface area contributed by atoms with Crippen LogP contribution in [0.15, 0.2) is 0 Å². The van der Waals surface area contributed by atoms with Gasteiger partial charge in [-0.3, -0.25) is 4.79 Å². The molecule has 0 aromatic carbocycles. The normalized spacial score (nSPS) is 14.5. The molecule has 0 bridgehead atoms. The summed E-state index contributed by atoms with van der Waals surface area (Å²) in [4.78, 5) is 10.7. The van der Waals surface area contributed by atoms with Crippen molar-refractivity contribution in [2.75, 3.05) is 25.1 Å². The SMILES string of the molecule is COCCC(NS(=O)(=O)CS(C)(=O)=O)C(=O)O. The number of carbonyl (C=O) groups is 1. The molecule has 0 aliphatic rings. The number of hydrogen-bond acceptors (Lipinski definition) is 6. The second-order valence-corrected chi connectivity index (χ2v) is 7.71. The summed E-state index contributed by atoms with van der Waals surface area (Å²) in [6.45, 7) is 0.0400. The van der Waals surface area contributed by atoms with E-state index in [1.165, 1.54) is 7.11 Å². The van der Waals surface area contributed by atoms with Gasteiger partial charge in [-0.25, -0.2) is 16.8 Å². The van der Waals surface area contributed by atoms with Gasteiger partial charge < -0.3 is 9.84 Å². The van der Waals surface area contributed by atoms with Crippen molar-refractivity contribution in [1.82, 2.24) is 4.72 Å². The van der Waals surface area contributed by atoms with Crippen molar-refractivity contribution in [2.45, 2.75) is 12.5 Å². The fourth-order valence-corrected chi connectivity index (χ4v) is 4.18. The van der Waals surface area contributed by atoms with Gasteiger partial charge >= 0.3 is 5.97 Å². The molecule has 0 saturated carbocycles.